The van der Waals surface area contributed by atoms with Crippen molar-refractivity contribution in [3.8, 4) is 5.75 Å². The monoisotopic (exact) mass is 389 g/mol. The van der Waals surface area contributed by atoms with Crippen molar-refractivity contribution in [1.82, 2.24) is 0 Å². The van der Waals surface area contributed by atoms with Gasteiger partial charge in [0.25, 0.3) is 10.0 Å². The molecule has 4 nitrogen and oxygen atoms in total. The summed E-state index contributed by atoms with van der Waals surface area (Å²) < 4.78 is 33.3. The number of methoxy groups -OCH3 is 1. The molecule has 0 spiro atoms. The van der Waals surface area contributed by atoms with Gasteiger partial charge in [-0.1, -0.05) is 27.5 Å². The maximum Gasteiger partial charge on any atom is 0.262 e. The predicted molar refractivity (Wildman–Crippen MR) is 87.7 cm³/mol. The van der Waals surface area contributed by atoms with Crippen LogP contribution in [0.4, 0.5) is 5.69 Å². The standard InChI is InChI=1S/C14H13BrClNO3S/c1-9-7-11(4-5-12(9)15)21(18,19)17-13-8-10(16)3-6-14(13)20-2/h3-8,17H,1-2H3. The maximum absolute atomic E-state index is 12.4. The van der Waals surface area contributed by atoms with E-state index in [4.69, 9.17) is 16.3 Å². The molecule has 7 heteroatoms. The van der Waals surface area contributed by atoms with Gasteiger partial charge in [-0.05, 0) is 48.9 Å². The lowest BCUT2D eigenvalue weighted by Gasteiger charge is -2.12. The molecule has 0 radical (unpaired) electrons. The molecular weight excluding hydrogens is 378 g/mol. The van der Waals surface area contributed by atoms with Crippen LogP contribution in [0.2, 0.25) is 5.02 Å². The third-order valence-electron chi connectivity index (χ3n) is 2.85. The van der Waals surface area contributed by atoms with Crippen molar-refractivity contribution in [2.24, 2.45) is 0 Å². The fourth-order valence-electron chi connectivity index (χ4n) is 1.75. The molecule has 2 aromatic carbocycles. The molecule has 0 atom stereocenters. The van der Waals surface area contributed by atoms with Gasteiger partial charge in [0.05, 0.1) is 17.7 Å². The van der Waals surface area contributed by atoms with Gasteiger partial charge in [-0.25, -0.2) is 8.42 Å². The van der Waals surface area contributed by atoms with E-state index in [2.05, 4.69) is 20.7 Å². The number of hydrogen-bond acceptors (Lipinski definition) is 3. The van der Waals surface area contributed by atoms with Crippen LogP contribution in [0.25, 0.3) is 0 Å². The summed E-state index contributed by atoms with van der Waals surface area (Å²) in [6.07, 6.45) is 0. The Balaban J connectivity index is 2.41. The van der Waals surface area contributed by atoms with Gasteiger partial charge in [0.2, 0.25) is 0 Å². The van der Waals surface area contributed by atoms with Gasteiger partial charge in [-0.15, -0.1) is 0 Å². The van der Waals surface area contributed by atoms with E-state index in [-0.39, 0.29) is 4.90 Å². The summed E-state index contributed by atoms with van der Waals surface area (Å²) in [5.41, 5.74) is 1.13. The van der Waals surface area contributed by atoms with Crippen molar-refractivity contribution in [3.05, 3.63) is 51.5 Å². The number of rotatable bonds is 4. The van der Waals surface area contributed by atoms with E-state index in [0.717, 1.165) is 10.0 Å². The fraction of sp³-hybridized carbons (Fsp3) is 0.143. The fourth-order valence-corrected chi connectivity index (χ4v) is 3.31. The van der Waals surface area contributed by atoms with E-state index in [1.54, 1.807) is 24.3 Å². The second kappa shape index (κ2) is 6.25. The highest BCUT2D eigenvalue weighted by molar-refractivity contribution is 9.10. The molecule has 0 heterocycles. The average Bonchev–Trinajstić information content (AvgIpc) is 2.41. The summed E-state index contributed by atoms with van der Waals surface area (Å²) in [4.78, 5) is 0.172. The zero-order valence-corrected chi connectivity index (χ0v) is 14.5. The lowest BCUT2D eigenvalue weighted by atomic mass is 10.2. The molecular formula is C14H13BrClNO3S. The van der Waals surface area contributed by atoms with Crippen LogP contribution >= 0.6 is 27.5 Å². The van der Waals surface area contributed by atoms with Gasteiger partial charge in [0, 0.05) is 9.50 Å². The summed E-state index contributed by atoms with van der Waals surface area (Å²) in [6.45, 7) is 1.82. The van der Waals surface area contributed by atoms with E-state index >= 15 is 0 Å². The predicted octanol–water partition coefficient (Wildman–Crippen LogP) is 4.22. The van der Waals surface area contributed by atoms with Gasteiger partial charge < -0.3 is 4.74 Å². The van der Waals surface area contributed by atoms with Crippen molar-refractivity contribution in [1.29, 1.82) is 0 Å². The van der Waals surface area contributed by atoms with Crippen LogP contribution in [0, 0.1) is 6.92 Å². The molecule has 0 saturated heterocycles. The van der Waals surface area contributed by atoms with E-state index in [0.29, 0.717) is 16.5 Å². The van der Waals surface area contributed by atoms with Gasteiger partial charge >= 0.3 is 0 Å². The van der Waals surface area contributed by atoms with Crippen molar-refractivity contribution < 1.29 is 13.2 Å². The van der Waals surface area contributed by atoms with Gasteiger partial charge in [0.1, 0.15) is 5.75 Å². The second-order valence-corrected chi connectivity index (χ2v) is 7.33. The van der Waals surface area contributed by atoms with E-state index in [1.807, 2.05) is 6.92 Å². The molecule has 2 rings (SSSR count). The Morgan fingerprint density at radius 1 is 1.19 bits per heavy atom. The van der Waals surface area contributed by atoms with Crippen LogP contribution in [-0.4, -0.2) is 15.5 Å². The summed E-state index contributed by atoms with van der Waals surface area (Å²) >= 11 is 9.24. The Labute approximate surface area is 137 Å². The molecule has 21 heavy (non-hydrogen) atoms. The molecule has 0 unspecified atom stereocenters. The summed E-state index contributed by atoms with van der Waals surface area (Å²) in [6, 6.07) is 9.54. The second-order valence-electron chi connectivity index (χ2n) is 4.36. The Hall–Kier alpha value is -1.24. The largest absolute Gasteiger partial charge is 0.495 e. The molecule has 0 bridgehead atoms. The number of halogens is 2. The van der Waals surface area contributed by atoms with E-state index < -0.39 is 10.0 Å². The molecule has 2 aromatic rings. The number of sulfonamides is 1. The lowest BCUT2D eigenvalue weighted by Crippen LogP contribution is -2.13. The molecule has 112 valence electrons. The highest BCUT2D eigenvalue weighted by atomic mass is 79.9. The Bertz CT molecular complexity index is 778. The topological polar surface area (TPSA) is 55.4 Å². The Morgan fingerprint density at radius 2 is 1.90 bits per heavy atom. The van der Waals surface area contributed by atoms with Crippen molar-refractivity contribution in [2.75, 3.05) is 11.8 Å². The quantitative estimate of drug-likeness (QED) is 0.850. The number of hydrogen-bond donors (Lipinski definition) is 1. The van der Waals surface area contributed by atoms with Crippen LogP contribution < -0.4 is 9.46 Å². The van der Waals surface area contributed by atoms with Crippen molar-refractivity contribution in [3.63, 3.8) is 0 Å². The van der Waals surface area contributed by atoms with Crippen LogP contribution in [-0.2, 0) is 10.0 Å². The molecule has 0 aliphatic heterocycles. The van der Waals surface area contributed by atoms with Gasteiger partial charge in [0.15, 0.2) is 0 Å². The van der Waals surface area contributed by atoms with Gasteiger partial charge in [-0.2, -0.15) is 0 Å². The van der Waals surface area contributed by atoms with Gasteiger partial charge in [-0.3, -0.25) is 4.72 Å². The minimum Gasteiger partial charge on any atom is -0.495 e. The highest BCUT2D eigenvalue weighted by Crippen LogP contribution is 2.30. The first-order valence-corrected chi connectivity index (χ1v) is 8.61. The maximum atomic E-state index is 12.4. The number of aryl methyl sites for hydroxylation is 1. The number of nitrogens with one attached hydrogen (secondary N) is 1. The first-order chi connectivity index (χ1) is 9.83. The van der Waals surface area contributed by atoms with E-state index in [9.17, 15) is 8.42 Å². The van der Waals surface area contributed by atoms with E-state index in [1.165, 1.54) is 19.2 Å². The summed E-state index contributed by atoms with van der Waals surface area (Å²) in [7, 11) is -2.25. The molecule has 1 N–H and O–H groups in total. The first kappa shape index (κ1) is 16.1. The minimum absolute atomic E-state index is 0.172. The third kappa shape index (κ3) is 3.70. The summed E-state index contributed by atoms with van der Waals surface area (Å²) in [5, 5.41) is 0.417. The zero-order chi connectivity index (χ0) is 15.6. The van der Waals surface area contributed by atoms with Crippen LogP contribution in [0.5, 0.6) is 5.75 Å². The minimum atomic E-state index is -3.71. The smallest absolute Gasteiger partial charge is 0.262 e. The highest BCUT2D eigenvalue weighted by Gasteiger charge is 2.17. The van der Waals surface area contributed by atoms with Crippen molar-refractivity contribution in [2.45, 2.75) is 11.8 Å². The number of benzene rings is 2. The first-order valence-electron chi connectivity index (χ1n) is 5.96. The average molecular weight is 391 g/mol. The molecule has 0 aromatic heterocycles. The third-order valence-corrected chi connectivity index (χ3v) is 5.33. The normalized spacial score (nSPS) is 11.2. The number of ether oxygens (including phenoxy) is 1. The Morgan fingerprint density at radius 3 is 2.52 bits per heavy atom. The molecule has 0 aliphatic rings. The molecule has 0 aliphatic carbocycles. The van der Waals surface area contributed by atoms with Crippen LogP contribution in [0.1, 0.15) is 5.56 Å². The zero-order valence-electron chi connectivity index (χ0n) is 11.4. The molecule has 0 amide bonds. The van der Waals surface area contributed by atoms with Crippen molar-refractivity contribution >= 4 is 43.2 Å². The Kier molecular flexibility index (Phi) is 4.81. The van der Waals surface area contributed by atoms with Crippen LogP contribution in [0.15, 0.2) is 45.8 Å². The molecule has 0 fully saturated rings. The SMILES string of the molecule is COc1ccc(Cl)cc1NS(=O)(=O)c1ccc(Br)c(C)c1. The number of anilines is 1. The lowest BCUT2D eigenvalue weighted by molar-refractivity contribution is 0.417. The molecule has 0 saturated carbocycles. The summed E-state index contributed by atoms with van der Waals surface area (Å²) in [5.74, 6) is 0.400. The van der Waals surface area contributed by atoms with Crippen LogP contribution in [0.3, 0.4) is 0 Å².